The van der Waals surface area contributed by atoms with Crippen LogP contribution in [-0.4, -0.2) is 44.2 Å². The molecule has 6 nitrogen and oxygen atoms in total. The zero-order valence-corrected chi connectivity index (χ0v) is 12.2. The third-order valence-electron chi connectivity index (χ3n) is 2.89. The topological polar surface area (TPSA) is 93.5 Å². The summed E-state index contributed by atoms with van der Waals surface area (Å²) in [5.74, 6) is -0.590. The summed E-state index contributed by atoms with van der Waals surface area (Å²) in [6, 6.07) is -0.640. The quantitative estimate of drug-likeness (QED) is 0.466. The Hall–Kier alpha value is -1.14. The molecule has 112 valence electrons. The van der Waals surface area contributed by atoms with E-state index in [-0.39, 0.29) is 24.0 Å². The lowest BCUT2D eigenvalue weighted by atomic mass is 10.0. The van der Waals surface area contributed by atoms with Crippen molar-refractivity contribution in [2.75, 3.05) is 20.2 Å². The van der Waals surface area contributed by atoms with Gasteiger partial charge < -0.3 is 21.1 Å². The fraction of sp³-hybridized carbons (Fsp3) is 0.846. The van der Waals surface area contributed by atoms with Gasteiger partial charge in [0.05, 0.1) is 12.6 Å². The van der Waals surface area contributed by atoms with Crippen molar-refractivity contribution >= 4 is 11.9 Å². The fourth-order valence-electron chi connectivity index (χ4n) is 1.82. The molecule has 0 aromatic rings. The Labute approximate surface area is 115 Å². The van der Waals surface area contributed by atoms with Gasteiger partial charge in [-0.25, -0.2) is 0 Å². The molecule has 0 aliphatic rings. The van der Waals surface area contributed by atoms with Gasteiger partial charge in [0.2, 0.25) is 5.91 Å². The fourth-order valence-corrected chi connectivity index (χ4v) is 1.82. The van der Waals surface area contributed by atoms with Crippen LogP contribution in [0, 0.1) is 0 Å². The van der Waals surface area contributed by atoms with Gasteiger partial charge >= 0.3 is 5.97 Å². The summed E-state index contributed by atoms with van der Waals surface area (Å²) in [4.78, 5) is 22.8. The average molecular weight is 273 g/mol. The van der Waals surface area contributed by atoms with E-state index in [0.717, 1.165) is 19.4 Å². The van der Waals surface area contributed by atoms with E-state index in [1.165, 1.54) is 0 Å². The van der Waals surface area contributed by atoms with E-state index in [4.69, 9.17) is 10.5 Å². The van der Waals surface area contributed by atoms with E-state index < -0.39 is 0 Å². The Morgan fingerprint density at radius 3 is 2.32 bits per heavy atom. The average Bonchev–Trinajstić information content (AvgIpc) is 2.37. The molecule has 6 heteroatoms. The number of hydrogen-bond donors (Lipinski definition) is 3. The maximum absolute atomic E-state index is 11.7. The summed E-state index contributed by atoms with van der Waals surface area (Å²) >= 11 is 0. The summed E-state index contributed by atoms with van der Waals surface area (Å²) in [7, 11) is 1.70. The highest BCUT2D eigenvalue weighted by Crippen LogP contribution is 2.06. The molecule has 0 spiro atoms. The molecule has 0 aromatic carbocycles. The highest BCUT2D eigenvalue weighted by molar-refractivity contribution is 5.79. The molecule has 0 fully saturated rings. The van der Waals surface area contributed by atoms with Gasteiger partial charge in [-0.2, -0.15) is 0 Å². The number of nitrogens with two attached hydrogens (primary N) is 1. The largest absolute Gasteiger partial charge is 0.465 e. The van der Waals surface area contributed by atoms with E-state index in [1.54, 1.807) is 14.0 Å². The van der Waals surface area contributed by atoms with Gasteiger partial charge in [0.25, 0.3) is 0 Å². The Bertz CT molecular complexity index is 272. The van der Waals surface area contributed by atoms with Crippen LogP contribution >= 0.6 is 0 Å². The molecule has 0 heterocycles. The molecule has 4 N–H and O–H groups in total. The van der Waals surface area contributed by atoms with Crippen molar-refractivity contribution < 1.29 is 14.3 Å². The van der Waals surface area contributed by atoms with E-state index >= 15 is 0 Å². The molecule has 0 saturated heterocycles. The predicted octanol–water partition coefficient (Wildman–Crippen LogP) is 0.161. The van der Waals surface area contributed by atoms with Crippen LogP contribution in [0.5, 0.6) is 0 Å². The number of amides is 1. The molecule has 2 atom stereocenters. The molecule has 2 unspecified atom stereocenters. The minimum absolute atomic E-state index is 0.226. The van der Waals surface area contributed by atoms with Crippen molar-refractivity contribution in [3.05, 3.63) is 0 Å². The van der Waals surface area contributed by atoms with Crippen LogP contribution in [0.15, 0.2) is 0 Å². The first kappa shape index (κ1) is 17.9. The zero-order chi connectivity index (χ0) is 14.7. The highest BCUT2D eigenvalue weighted by Gasteiger charge is 2.20. The lowest BCUT2D eigenvalue weighted by molar-refractivity contribution is -0.145. The lowest BCUT2D eigenvalue weighted by Crippen LogP contribution is -2.41. The van der Waals surface area contributed by atoms with Crippen LogP contribution in [0.4, 0.5) is 0 Å². The SMILES string of the molecule is CCCNC(CCCC(NC)C(N)=O)C(=O)OCC. The maximum Gasteiger partial charge on any atom is 0.323 e. The summed E-state index contributed by atoms with van der Waals surface area (Å²) in [6.45, 7) is 4.98. The van der Waals surface area contributed by atoms with E-state index in [9.17, 15) is 9.59 Å². The Kier molecular flexibility index (Phi) is 10.1. The van der Waals surface area contributed by atoms with Crippen LogP contribution in [0.2, 0.25) is 0 Å². The second kappa shape index (κ2) is 10.8. The number of carbonyl (C=O) groups excluding carboxylic acids is 2. The van der Waals surface area contributed by atoms with Gasteiger partial charge in [0.15, 0.2) is 0 Å². The Morgan fingerprint density at radius 1 is 1.21 bits per heavy atom. The monoisotopic (exact) mass is 273 g/mol. The van der Waals surface area contributed by atoms with Crippen molar-refractivity contribution in [1.29, 1.82) is 0 Å². The second-order valence-electron chi connectivity index (χ2n) is 4.43. The van der Waals surface area contributed by atoms with Crippen molar-refractivity contribution in [1.82, 2.24) is 10.6 Å². The number of hydrogen-bond acceptors (Lipinski definition) is 5. The minimum atomic E-state index is -0.364. The van der Waals surface area contributed by atoms with Gasteiger partial charge in [0.1, 0.15) is 6.04 Å². The van der Waals surface area contributed by atoms with Gasteiger partial charge in [-0.15, -0.1) is 0 Å². The van der Waals surface area contributed by atoms with Gasteiger partial charge in [-0.05, 0) is 46.2 Å². The number of carbonyl (C=O) groups is 2. The summed E-state index contributed by atoms with van der Waals surface area (Å²) in [5, 5.41) is 6.03. The zero-order valence-electron chi connectivity index (χ0n) is 12.2. The minimum Gasteiger partial charge on any atom is -0.465 e. The van der Waals surface area contributed by atoms with Crippen LogP contribution in [0.3, 0.4) is 0 Å². The molecule has 0 aliphatic carbocycles. The smallest absolute Gasteiger partial charge is 0.323 e. The summed E-state index contributed by atoms with van der Waals surface area (Å²) < 4.78 is 5.02. The van der Waals surface area contributed by atoms with Gasteiger partial charge in [-0.1, -0.05) is 6.92 Å². The van der Waals surface area contributed by atoms with Crippen LogP contribution in [0.1, 0.15) is 39.5 Å². The van der Waals surface area contributed by atoms with Crippen molar-refractivity contribution in [3.8, 4) is 0 Å². The normalized spacial score (nSPS) is 13.8. The Morgan fingerprint density at radius 2 is 1.84 bits per heavy atom. The van der Waals surface area contributed by atoms with Crippen LogP contribution in [-0.2, 0) is 14.3 Å². The van der Waals surface area contributed by atoms with Crippen molar-refractivity contribution in [3.63, 3.8) is 0 Å². The number of esters is 1. The molecule has 0 bridgehead atoms. The lowest BCUT2D eigenvalue weighted by Gasteiger charge is -2.18. The number of ether oxygens (including phenoxy) is 1. The molecule has 1 amide bonds. The second-order valence-corrected chi connectivity index (χ2v) is 4.43. The predicted molar refractivity (Wildman–Crippen MR) is 74.6 cm³/mol. The molecule has 0 aromatic heterocycles. The summed E-state index contributed by atoms with van der Waals surface area (Å²) in [5.41, 5.74) is 5.24. The first-order valence-electron chi connectivity index (χ1n) is 6.93. The van der Waals surface area contributed by atoms with Crippen LogP contribution in [0.25, 0.3) is 0 Å². The number of primary amides is 1. The first-order chi connectivity index (χ1) is 9.06. The molecule has 0 rings (SSSR count). The van der Waals surface area contributed by atoms with E-state index in [2.05, 4.69) is 10.6 Å². The van der Waals surface area contributed by atoms with Crippen LogP contribution < -0.4 is 16.4 Å². The number of likely N-dealkylation sites (N-methyl/N-ethyl adjacent to an activating group) is 1. The third-order valence-corrected chi connectivity index (χ3v) is 2.89. The standard InChI is InChI=1S/C13H27N3O3/c1-4-9-16-11(13(18)19-5-2)8-6-7-10(15-3)12(14)17/h10-11,15-16H,4-9H2,1-3H3,(H2,14,17). The first-order valence-corrected chi connectivity index (χ1v) is 6.93. The van der Waals surface area contributed by atoms with Gasteiger partial charge in [-0.3, -0.25) is 9.59 Å². The van der Waals surface area contributed by atoms with Crippen molar-refractivity contribution in [2.24, 2.45) is 5.73 Å². The molecular weight excluding hydrogens is 246 g/mol. The van der Waals surface area contributed by atoms with Crippen molar-refractivity contribution in [2.45, 2.75) is 51.6 Å². The number of nitrogens with one attached hydrogen (secondary N) is 2. The molecule has 0 saturated carbocycles. The molecular formula is C13H27N3O3. The maximum atomic E-state index is 11.7. The molecule has 0 aliphatic heterocycles. The number of rotatable bonds is 11. The highest BCUT2D eigenvalue weighted by atomic mass is 16.5. The molecule has 0 radical (unpaired) electrons. The van der Waals surface area contributed by atoms with Gasteiger partial charge in [0, 0.05) is 0 Å². The molecule has 19 heavy (non-hydrogen) atoms. The van der Waals surface area contributed by atoms with E-state index in [0.29, 0.717) is 19.4 Å². The summed E-state index contributed by atoms with van der Waals surface area (Å²) in [6.07, 6.45) is 2.95. The van der Waals surface area contributed by atoms with E-state index in [1.807, 2.05) is 6.92 Å². The Balaban J connectivity index is 4.17. The third kappa shape index (κ3) is 7.79.